The van der Waals surface area contributed by atoms with Crippen LogP contribution in [0.4, 0.5) is 0 Å². The molecule has 0 spiro atoms. The number of carbonyl (C=O) groups excluding carboxylic acids is 1. The maximum absolute atomic E-state index is 12.4. The van der Waals surface area contributed by atoms with Gasteiger partial charge in [0.2, 0.25) is 0 Å². The summed E-state index contributed by atoms with van der Waals surface area (Å²) < 4.78 is 16.0. The summed E-state index contributed by atoms with van der Waals surface area (Å²) in [5.74, 6) is 2.16. The van der Waals surface area contributed by atoms with Crippen molar-refractivity contribution in [1.82, 2.24) is 25.2 Å². The van der Waals surface area contributed by atoms with E-state index in [1.807, 2.05) is 20.8 Å². The van der Waals surface area contributed by atoms with Gasteiger partial charge >= 0.3 is 0 Å². The monoisotopic (exact) mass is 349 g/mol. The van der Waals surface area contributed by atoms with Gasteiger partial charge in [-0.05, 0) is 12.1 Å². The van der Waals surface area contributed by atoms with E-state index in [0.29, 0.717) is 37.2 Å². The van der Waals surface area contributed by atoms with E-state index in [0.717, 1.165) is 5.82 Å². The third kappa shape index (κ3) is 4.16. The highest BCUT2D eigenvalue weighted by molar-refractivity contribution is 5.77. The lowest BCUT2D eigenvalue weighted by atomic mass is 9.96. The van der Waals surface area contributed by atoms with E-state index in [4.69, 9.17) is 14.0 Å². The second kappa shape index (κ2) is 6.83. The Morgan fingerprint density at radius 3 is 2.92 bits per heavy atom. The van der Waals surface area contributed by atoms with Crippen molar-refractivity contribution < 1.29 is 18.8 Å². The molecule has 0 aliphatic carbocycles. The number of morpholine rings is 1. The molecule has 1 aliphatic rings. The number of hydrogen-bond donors (Lipinski definition) is 1. The molecule has 2 aromatic rings. The van der Waals surface area contributed by atoms with Crippen LogP contribution >= 0.6 is 0 Å². The topological polar surface area (TPSA) is 106 Å². The quantitative estimate of drug-likeness (QED) is 0.888. The first-order valence-corrected chi connectivity index (χ1v) is 8.21. The largest absolute Gasteiger partial charge is 0.465 e. The van der Waals surface area contributed by atoms with E-state index >= 15 is 0 Å². The number of nitrogens with one attached hydrogen (secondary N) is 1. The Morgan fingerprint density at radius 1 is 1.48 bits per heavy atom. The Kier molecular flexibility index (Phi) is 4.76. The van der Waals surface area contributed by atoms with Gasteiger partial charge in [0.1, 0.15) is 11.9 Å². The molecule has 9 nitrogen and oxygen atoms in total. The molecule has 0 unspecified atom stereocenters. The highest BCUT2D eigenvalue weighted by atomic mass is 16.5. The van der Waals surface area contributed by atoms with Crippen LogP contribution in [0.5, 0.6) is 5.88 Å². The average molecular weight is 349 g/mol. The lowest BCUT2D eigenvalue weighted by Gasteiger charge is -2.31. The van der Waals surface area contributed by atoms with Crippen LogP contribution in [0.25, 0.3) is 0 Å². The second-order valence-corrected chi connectivity index (χ2v) is 7.06. The fraction of sp³-hybridized carbons (Fsp3) is 0.625. The number of amides is 1. The number of aromatic nitrogens is 4. The molecule has 0 aromatic carbocycles. The summed E-state index contributed by atoms with van der Waals surface area (Å²) in [5, 5.41) is 10.9. The highest BCUT2D eigenvalue weighted by Gasteiger charge is 2.29. The molecule has 1 aliphatic heterocycles. The van der Waals surface area contributed by atoms with E-state index in [9.17, 15) is 4.79 Å². The van der Waals surface area contributed by atoms with Crippen molar-refractivity contribution in [1.29, 1.82) is 0 Å². The molecule has 1 fully saturated rings. The lowest BCUT2D eigenvalue weighted by Crippen LogP contribution is -2.44. The Balaban J connectivity index is 1.58. The van der Waals surface area contributed by atoms with Crippen LogP contribution in [0.2, 0.25) is 0 Å². The zero-order valence-corrected chi connectivity index (χ0v) is 14.9. The molecule has 3 heterocycles. The van der Waals surface area contributed by atoms with E-state index in [2.05, 4.69) is 20.3 Å². The van der Waals surface area contributed by atoms with Crippen LogP contribution in [-0.2, 0) is 14.9 Å². The smallest absolute Gasteiger partial charge is 0.260 e. The third-order valence-electron chi connectivity index (χ3n) is 3.85. The fourth-order valence-electron chi connectivity index (χ4n) is 2.43. The Labute approximate surface area is 145 Å². The summed E-state index contributed by atoms with van der Waals surface area (Å²) >= 11 is 0. The Morgan fingerprint density at radius 2 is 2.28 bits per heavy atom. The summed E-state index contributed by atoms with van der Waals surface area (Å²) in [6.45, 7) is 9.14. The number of H-pyrrole nitrogens is 1. The van der Waals surface area contributed by atoms with Gasteiger partial charge in [-0.2, -0.15) is 5.10 Å². The van der Waals surface area contributed by atoms with E-state index in [1.54, 1.807) is 17.9 Å². The van der Waals surface area contributed by atoms with Crippen LogP contribution in [-0.4, -0.2) is 57.4 Å². The van der Waals surface area contributed by atoms with Gasteiger partial charge in [-0.3, -0.25) is 9.89 Å². The van der Waals surface area contributed by atoms with Crippen molar-refractivity contribution in [2.24, 2.45) is 0 Å². The van der Waals surface area contributed by atoms with E-state index in [-0.39, 0.29) is 24.0 Å². The molecule has 0 saturated carbocycles. The van der Waals surface area contributed by atoms with Gasteiger partial charge < -0.3 is 18.9 Å². The summed E-state index contributed by atoms with van der Waals surface area (Å²) in [7, 11) is 0. The molecule has 1 atom stereocenters. The molecule has 25 heavy (non-hydrogen) atoms. The van der Waals surface area contributed by atoms with Crippen molar-refractivity contribution in [2.75, 3.05) is 26.3 Å². The van der Waals surface area contributed by atoms with Gasteiger partial charge in [-0.1, -0.05) is 20.8 Å². The maximum Gasteiger partial charge on any atom is 0.260 e. The minimum absolute atomic E-state index is 0.0949. The molecule has 0 bridgehead atoms. The van der Waals surface area contributed by atoms with Gasteiger partial charge in [-0.15, -0.1) is 0 Å². The average Bonchev–Trinajstić information content (AvgIpc) is 3.21. The summed E-state index contributed by atoms with van der Waals surface area (Å²) in [4.78, 5) is 18.6. The Hall–Kier alpha value is -2.42. The number of nitrogens with zero attached hydrogens (tertiary/aromatic N) is 4. The Bertz CT molecular complexity index is 733. The summed E-state index contributed by atoms with van der Waals surface area (Å²) in [6, 6.07) is 1.64. The third-order valence-corrected chi connectivity index (χ3v) is 3.85. The predicted molar refractivity (Wildman–Crippen MR) is 87.1 cm³/mol. The number of ether oxygens (including phenoxy) is 2. The van der Waals surface area contributed by atoms with Crippen molar-refractivity contribution in [3.63, 3.8) is 0 Å². The minimum atomic E-state index is -0.324. The van der Waals surface area contributed by atoms with Crippen molar-refractivity contribution in [3.05, 3.63) is 23.5 Å². The van der Waals surface area contributed by atoms with Crippen molar-refractivity contribution in [3.8, 4) is 5.88 Å². The van der Waals surface area contributed by atoms with Gasteiger partial charge in [0.05, 0.1) is 13.2 Å². The molecule has 3 rings (SSSR count). The fourth-order valence-corrected chi connectivity index (χ4v) is 2.43. The standard InChI is InChI=1S/C16H23N5O4/c1-10-7-12(20-25-10)24-9-13(22)21-5-6-23-11(8-21)14-17-15(19-18-14)16(2,3)4/h7,11H,5-6,8-9H2,1-4H3,(H,17,18,19)/t11-/m0/s1. The highest BCUT2D eigenvalue weighted by Crippen LogP contribution is 2.23. The first kappa shape index (κ1) is 17.4. The first-order valence-electron chi connectivity index (χ1n) is 8.21. The van der Waals surface area contributed by atoms with Crippen LogP contribution in [0.3, 0.4) is 0 Å². The van der Waals surface area contributed by atoms with Crippen molar-refractivity contribution in [2.45, 2.75) is 39.2 Å². The van der Waals surface area contributed by atoms with E-state index in [1.165, 1.54) is 0 Å². The van der Waals surface area contributed by atoms with Crippen molar-refractivity contribution >= 4 is 5.91 Å². The number of hydrogen-bond acceptors (Lipinski definition) is 7. The summed E-state index contributed by atoms with van der Waals surface area (Å²) in [5.41, 5.74) is -0.150. The molecular formula is C16H23N5O4. The molecule has 2 aromatic heterocycles. The summed E-state index contributed by atoms with van der Waals surface area (Å²) in [6.07, 6.45) is -0.324. The van der Waals surface area contributed by atoms with E-state index < -0.39 is 0 Å². The molecule has 0 radical (unpaired) electrons. The number of aryl methyl sites for hydroxylation is 1. The van der Waals surface area contributed by atoms with Crippen LogP contribution in [0.15, 0.2) is 10.6 Å². The number of aromatic amines is 1. The SMILES string of the molecule is Cc1cc(OCC(=O)N2CCO[C@H](c3nc(C(C)(C)C)n[nH]3)C2)no1. The van der Waals surface area contributed by atoms with Gasteiger partial charge in [0.25, 0.3) is 11.8 Å². The molecule has 1 saturated heterocycles. The zero-order chi connectivity index (χ0) is 18.0. The van der Waals surface area contributed by atoms with Gasteiger partial charge in [-0.25, -0.2) is 4.98 Å². The molecule has 1 amide bonds. The second-order valence-electron chi connectivity index (χ2n) is 7.06. The van der Waals surface area contributed by atoms with Gasteiger partial charge in [0, 0.05) is 18.0 Å². The molecule has 9 heteroatoms. The predicted octanol–water partition coefficient (Wildman–Crippen LogP) is 1.38. The van der Waals surface area contributed by atoms with Gasteiger partial charge in [0.15, 0.2) is 18.3 Å². The van der Waals surface area contributed by atoms with Crippen LogP contribution in [0, 0.1) is 6.92 Å². The lowest BCUT2D eigenvalue weighted by molar-refractivity contribution is -0.141. The zero-order valence-electron chi connectivity index (χ0n) is 14.9. The maximum atomic E-state index is 12.4. The number of carbonyl (C=O) groups is 1. The molecule has 1 N–H and O–H groups in total. The van der Waals surface area contributed by atoms with Crippen LogP contribution in [0.1, 0.15) is 44.3 Å². The minimum Gasteiger partial charge on any atom is -0.465 e. The van der Waals surface area contributed by atoms with Crippen LogP contribution < -0.4 is 4.74 Å². The molecular weight excluding hydrogens is 326 g/mol. The molecule has 136 valence electrons. The number of rotatable bonds is 4. The first-order chi connectivity index (χ1) is 11.8. The normalized spacial score (nSPS) is 18.4.